The van der Waals surface area contributed by atoms with Crippen molar-refractivity contribution in [2.45, 2.75) is 0 Å². The van der Waals surface area contributed by atoms with Crippen LogP contribution in [-0.2, 0) is 0 Å². The average Bonchev–Trinajstić information content (AvgIpc) is 3.14. The zero-order chi connectivity index (χ0) is 20.2. The molecule has 0 aliphatic rings. The molecule has 4 N–H and O–H groups in total. The van der Waals surface area contributed by atoms with Gasteiger partial charge in [0.25, 0.3) is 0 Å². The summed E-state index contributed by atoms with van der Waals surface area (Å²) in [5, 5.41) is 25.3. The Morgan fingerprint density at radius 2 is 2.10 bits per heavy atom. The zero-order valence-electron chi connectivity index (χ0n) is 15.5. The molecule has 0 fully saturated rings. The molecule has 0 radical (unpaired) electrons. The summed E-state index contributed by atoms with van der Waals surface area (Å²) in [5.74, 6) is 1.23. The first-order valence-electron chi connectivity index (χ1n) is 8.78. The second-order valence-electron chi connectivity index (χ2n) is 6.04. The Balaban J connectivity index is 1.72. The zero-order valence-corrected chi connectivity index (χ0v) is 15.5. The number of nitrogens with one attached hydrogen (secondary N) is 4. The van der Waals surface area contributed by atoms with Gasteiger partial charge in [-0.3, -0.25) is 4.98 Å². The standard InChI is InChI=1S/C19H17N9O/c1-21-16-10-15(25-13-6-2-4-12-5-3-8-22-17(12)13)27-18-14(11-24-28(16)18)26-19(29)23-9-7-20/h2-6,8,10-11,21H,9H2,1H3,(H,25,27)(H2,23,26,29). The molecule has 0 saturated heterocycles. The van der Waals surface area contributed by atoms with Crippen LogP contribution >= 0.6 is 0 Å². The van der Waals surface area contributed by atoms with Gasteiger partial charge in [0.15, 0.2) is 5.65 Å². The highest BCUT2D eigenvalue weighted by atomic mass is 16.2. The largest absolute Gasteiger partial charge is 0.373 e. The maximum atomic E-state index is 11.9. The van der Waals surface area contributed by atoms with Gasteiger partial charge in [-0.2, -0.15) is 14.9 Å². The molecule has 2 amide bonds. The summed E-state index contributed by atoms with van der Waals surface area (Å²) >= 11 is 0. The van der Waals surface area contributed by atoms with E-state index in [1.165, 1.54) is 6.20 Å². The van der Waals surface area contributed by atoms with Gasteiger partial charge in [0, 0.05) is 24.7 Å². The van der Waals surface area contributed by atoms with Crippen LogP contribution in [0.15, 0.2) is 48.8 Å². The van der Waals surface area contributed by atoms with Crippen molar-refractivity contribution in [2.24, 2.45) is 0 Å². The van der Waals surface area contributed by atoms with Gasteiger partial charge in [0.1, 0.15) is 23.9 Å². The summed E-state index contributed by atoms with van der Waals surface area (Å²) in [6.45, 7) is -0.0961. The molecule has 10 heteroatoms. The van der Waals surface area contributed by atoms with E-state index in [2.05, 4.69) is 36.3 Å². The molecular formula is C19H17N9O. The van der Waals surface area contributed by atoms with Gasteiger partial charge in [-0.05, 0) is 12.1 Å². The highest BCUT2D eigenvalue weighted by Gasteiger charge is 2.14. The van der Waals surface area contributed by atoms with Gasteiger partial charge >= 0.3 is 6.03 Å². The minimum Gasteiger partial charge on any atom is -0.373 e. The van der Waals surface area contributed by atoms with Crippen LogP contribution in [0.4, 0.5) is 27.8 Å². The van der Waals surface area contributed by atoms with Gasteiger partial charge in [-0.1, -0.05) is 18.2 Å². The predicted octanol–water partition coefficient (Wildman–Crippen LogP) is 2.71. The van der Waals surface area contributed by atoms with E-state index < -0.39 is 6.03 Å². The molecule has 0 bridgehead atoms. The molecule has 0 spiro atoms. The number of hydrogen-bond acceptors (Lipinski definition) is 7. The van der Waals surface area contributed by atoms with E-state index in [0.29, 0.717) is 23.0 Å². The van der Waals surface area contributed by atoms with E-state index in [1.54, 1.807) is 23.8 Å². The number of anilines is 4. The van der Waals surface area contributed by atoms with Crippen LogP contribution in [0.2, 0.25) is 0 Å². The monoisotopic (exact) mass is 387 g/mol. The van der Waals surface area contributed by atoms with Crippen molar-refractivity contribution in [1.82, 2.24) is 24.9 Å². The fraction of sp³-hybridized carbons (Fsp3) is 0.105. The summed E-state index contributed by atoms with van der Waals surface area (Å²) in [7, 11) is 1.77. The van der Waals surface area contributed by atoms with Crippen LogP contribution in [-0.4, -0.2) is 39.2 Å². The van der Waals surface area contributed by atoms with E-state index in [1.807, 2.05) is 36.4 Å². The maximum absolute atomic E-state index is 11.9. The van der Waals surface area contributed by atoms with Crippen molar-refractivity contribution in [1.29, 1.82) is 5.26 Å². The quantitative estimate of drug-likeness (QED) is 0.387. The van der Waals surface area contributed by atoms with E-state index in [0.717, 1.165) is 16.6 Å². The first-order chi connectivity index (χ1) is 14.2. The lowest BCUT2D eigenvalue weighted by Gasteiger charge is -2.12. The smallest absolute Gasteiger partial charge is 0.320 e. The van der Waals surface area contributed by atoms with Gasteiger partial charge in [-0.25, -0.2) is 9.78 Å². The van der Waals surface area contributed by atoms with Crippen LogP contribution in [0.1, 0.15) is 0 Å². The Labute approximate surface area is 165 Å². The number of fused-ring (bicyclic) bond motifs is 2. The lowest BCUT2D eigenvalue weighted by molar-refractivity contribution is 0.253. The molecule has 1 aromatic carbocycles. The Morgan fingerprint density at radius 3 is 2.93 bits per heavy atom. The van der Waals surface area contributed by atoms with Crippen molar-refractivity contribution < 1.29 is 4.79 Å². The van der Waals surface area contributed by atoms with E-state index in [4.69, 9.17) is 5.26 Å². The highest BCUT2D eigenvalue weighted by Crippen LogP contribution is 2.27. The Bertz CT molecular complexity index is 1240. The number of amides is 2. The molecule has 0 unspecified atom stereocenters. The Kier molecular flexibility index (Phi) is 4.77. The predicted molar refractivity (Wildman–Crippen MR) is 110 cm³/mol. The fourth-order valence-corrected chi connectivity index (χ4v) is 2.92. The Hall–Kier alpha value is -4.39. The summed E-state index contributed by atoms with van der Waals surface area (Å²) in [6, 6.07) is 12.9. The number of urea groups is 1. The third-order valence-corrected chi connectivity index (χ3v) is 4.20. The number of pyridine rings is 1. The molecule has 4 rings (SSSR count). The molecule has 0 saturated carbocycles. The van der Waals surface area contributed by atoms with E-state index in [9.17, 15) is 4.79 Å². The van der Waals surface area contributed by atoms with Crippen LogP contribution in [0, 0.1) is 11.3 Å². The number of rotatable bonds is 5. The van der Waals surface area contributed by atoms with Crippen LogP contribution in [0.3, 0.4) is 0 Å². The number of nitriles is 1. The summed E-state index contributed by atoms with van der Waals surface area (Å²) < 4.78 is 1.58. The summed E-state index contributed by atoms with van der Waals surface area (Å²) in [6.07, 6.45) is 3.24. The van der Waals surface area contributed by atoms with Crippen LogP contribution < -0.4 is 21.3 Å². The van der Waals surface area contributed by atoms with E-state index >= 15 is 0 Å². The van der Waals surface area contributed by atoms with Gasteiger partial charge < -0.3 is 21.3 Å². The maximum Gasteiger partial charge on any atom is 0.320 e. The van der Waals surface area contributed by atoms with Gasteiger partial charge in [0.05, 0.1) is 23.5 Å². The lowest BCUT2D eigenvalue weighted by atomic mass is 10.2. The minimum absolute atomic E-state index is 0.0961. The van der Waals surface area contributed by atoms with Crippen molar-refractivity contribution in [2.75, 3.05) is 29.5 Å². The molecule has 0 atom stereocenters. The number of aromatic nitrogens is 4. The molecule has 29 heavy (non-hydrogen) atoms. The van der Waals surface area contributed by atoms with Crippen LogP contribution in [0.5, 0.6) is 0 Å². The van der Waals surface area contributed by atoms with Crippen molar-refractivity contribution in [3.05, 3.63) is 48.8 Å². The van der Waals surface area contributed by atoms with Crippen molar-refractivity contribution in [3.63, 3.8) is 0 Å². The van der Waals surface area contributed by atoms with Crippen molar-refractivity contribution in [3.8, 4) is 6.07 Å². The first-order valence-corrected chi connectivity index (χ1v) is 8.78. The molecule has 3 heterocycles. The number of nitrogens with zero attached hydrogens (tertiary/aromatic N) is 5. The van der Waals surface area contributed by atoms with Crippen molar-refractivity contribution >= 4 is 45.6 Å². The highest BCUT2D eigenvalue weighted by molar-refractivity contribution is 5.94. The second kappa shape index (κ2) is 7.69. The molecule has 4 aromatic rings. The number of carbonyl (C=O) groups excluding carboxylic acids is 1. The third-order valence-electron chi connectivity index (χ3n) is 4.20. The Morgan fingerprint density at radius 1 is 1.24 bits per heavy atom. The lowest BCUT2D eigenvalue weighted by Crippen LogP contribution is -2.28. The number of benzene rings is 1. The molecule has 0 aliphatic heterocycles. The normalized spacial score (nSPS) is 10.5. The summed E-state index contributed by atoms with van der Waals surface area (Å²) in [5.41, 5.74) is 2.49. The number of hydrogen-bond donors (Lipinski definition) is 4. The molecule has 3 aromatic heterocycles. The number of para-hydroxylation sites is 1. The second-order valence-corrected chi connectivity index (χ2v) is 6.04. The average molecular weight is 387 g/mol. The molecule has 0 aliphatic carbocycles. The van der Waals surface area contributed by atoms with Gasteiger partial charge in [-0.15, -0.1) is 0 Å². The topological polar surface area (TPSA) is 132 Å². The van der Waals surface area contributed by atoms with E-state index in [-0.39, 0.29) is 6.54 Å². The third kappa shape index (κ3) is 3.57. The first kappa shape index (κ1) is 18.0. The number of carbonyl (C=O) groups is 1. The molecule has 144 valence electrons. The summed E-state index contributed by atoms with van der Waals surface area (Å²) in [4.78, 5) is 20.9. The molecular weight excluding hydrogens is 370 g/mol. The van der Waals surface area contributed by atoms with Crippen LogP contribution in [0.25, 0.3) is 16.6 Å². The van der Waals surface area contributed by atoms with Gasteiger partial charge in [0.2, 0.25) is 0 Å². The fourth-order valence-electron chi connectivity index (χ4n) is 2.92. The minimum atomic E-state index is -0.508. The molecule has 10 nitrogen and oxygen atoms in total. The SMILES string of the molecule is CNc1cc(Nc2cccc3cccnc23)nc2c(NC(=O)NCC#N)cnn12.